The van der Waals surface area contributed by atoms with Crippen LogP contribution < -0.4 is 10.6 Å². The van der Waals surface area contributed by atoms with Crippen LogP contribution in [0.2, 0.25) is 0 Å². The lowest BCUT2D eigenvalue weighted by Crippen LogP contribution is -2.39. The van der Waals surface area contributed by atoms with Crippen LogP contribution >= 0.6 is 0 Å². The van der Waals surface area contributed by atoms with Gasteiger partial charge in [-0.2, -0.15) is 5.26 Å². The van der Waals surface area contributed by atoms with Gasteiger partial charge in [-0.1, -0.05) is 25.1 Å². The van der Waals surface area contributed by atoms with Crippen molar-refractivity contribution < 1.29 is 4.79 Å². The fourth-order valence-corrected chi connectivity index (χ4v) is 1.80. The highest BCUT2D eigenvalue weighted by Gasteiger charge is 2.22. The molecule has 0 fully saturated rings. The molecule has 0 spiro atoms. The Morgan fingerprint density at radius 1 is 1.44 bits per heavy atom. The highest BCUT2D eigenvalue weighted by atomic mass is 16.2. The van der Waals surface area contributed by atoms with Crippen molar-refractivity contribution in [1.82, 2.24) is 0 Å². The van der Waals surface area contributed by atoms with Crippen molar-refractivity contribution >= 4 is 11.6 Å². The molecule has 4 heteroatoms. The Balaban J connectivity index is 2.92. The largest absolute Gasteiger partial charge is 0.330 e. The molecule has 0 bridgehead atoms. The minimum absolute atomic E-state index is 0.00134. The minimum Gasteiger partial charge on any atom is -0.330 e. The second-order valence-electron chi connectivity index (χ2n) is 4.07. The van der Waals surface area contributed by atoms with E-state index in [0.29, 0.717) is 25.9 Å². The third kappa shape index (κ3) is 3.57. The van der Waals surface area contributed by atoms with Crippen molar-refractivity contribution in [1.29, 1.82) is 5.26 Å². The molecule has 1 unspecified atom stereocenters. The van der Waals surface area contributed by atoms with Gasteiger partial charge in [-0.15, -0.1) is 0 Å². The van der Waals surface area contributed by atoms with E-state index < -0.39 is 0 Å². The average Bonchev–Trinajstić information content (AvgIpc) is 2.42. The number of nitrogens with zero attached hydrogens (tertiary/aromatic N) is 2. The number of carbonyl (C=O) groups is 1. The van der Waals surface area contributed by atoms with Crippen LogP contribution in [-0.2, 0) is 4.79 Å². The molecule has 18 heavy (non-hydrogen) atoms. The lowest BCUT2D eigenvalue weighted by atomic mass is 10.0. The molecule has 2 N–H and O–H groups in total. The van der Waals surface area contributed by atoms with E-state index in [1.807, 2.05) is 37.3 Å². The molecule has 0 aliphatic carbocycles. The summed E-state index contributed by atoms with van der Waals surface area (Å²) >= 11 is 0. The monoisotopic (exact) mass is 245 g/mol. The van der Waals surface area contributed by atoms with Crippen LogP contribution in [0.1, 0.15) is 19.8 Å². The van der Waals surface area contributed by atoms with E-state index in [1.165, 1.54) is 0 Å². The predicted octanol–water partition coefficient (Wildman–Crippen LogP) is 1.92. The van der Waals surface area contributed by atoms with Crippen LogP contribution in [0.5, 0.6) is 0 Å². The molecule has 1 amide bonds. The quantitative estimate of drug-likeness (QED) is 0.832. The highest BCUT2D eigenvalue weighted by molar-refractivity contribution is 5.95. The summed E-state index contributed by atoms with van der Waals surface area (Å²) in [6.07, 6.45) is 1.03. The van der Waals surface area contributed by atoms with Gasteiger partial charge in [-0.25, -0.2) is 0 Å². The van der Waals surface area contributed by atoms with Gasteiger partial charge in [-0.3, -0.25) is 4.79 Å². The lowest BCUT2D eigenvalue weighted by Gasteiger charge is -2.25. The molecule has 0 saturated heterocycles. The van der Waals surface area contributed by atoms with E-state index in [-0.39, 0.29) is 11.8 Å². The fourth-order valence-electron chi connectivity index (χ4n) is 1.80. The summed E-state index contributed by atoms with van der Waals surface area (Å²) in [7, 11) is 0. The normalized spacial score (nSPS) is 11.6. The molecule has 0 radical (unpaired) electrons. The van der Waals surface area contributed by atoms with Gasteiger partial charge in [0.05, 0.1) is 18.4 Å². The molecule has 0 aromatic heterocycles. The molecule has 0 aliphatic heterocycles. The maximum atomic E-state index is 12.3. The van der Waals surface area contributed by atoms with Crippen molar-refractivity contribution in [3.05, 3.63) is 30.3 Å². The first-order valence-corrected chi connectivity index (χ1v) is 6.18. The van der Waals surface area contributed by atoms with E-state index in [2.05, 4.69) is 6.07 Å². The van der Waals surface area contributed by atoms with E-state index in [1.54, 1.807) is 4.90 Å². The van der Waals surface area contributed by atoms with Crippen LogP contribution in [0.4, 0.5) is 5.69 Å². The molecular weight excluding hydrogens is 226 g/mol. The maximum Gasteiger partial charge on any atom is 0.231 e. The molecule has 0 saturated carbocycles. The number of anilines is 1. The van der Waals surface area contributed by atoms with E-state index in [9.17, 15) is 4.79 Å². The molecule has 96 valence electrons. The lowest BCUT2D eigenvalue weighted by molar-refractivity contribution is -0.122. The Morgan fingerprint density at radius 3 is 2.61 bits per heavy atom. The van der Waals surface area contributed by atoms with Gasteiger partial charge in [-0.05, 0) is 18.6 Å². The van der Waals surface area contributed by atoms with Gasteiger partial charge in [0.1, 0.15) is 0 Å². The number of carbonyl (C=O) groups excluding carboxylic acids is 1. The number of nitrogens with two attached hydrogens (primary N) is 1. The average molecular weight is 245 g/mol. The number of amides is 1. The molecule has 0 heterocycles. The van der Waals surface area contributed by atoms with Gasteiger partial charge < -0.3 is 10.6 Å². The van der Waals surface area contributed by atoms with Crippen LogP contribution in [0.25, 0.3) is 0 Å². The number of benzene rings is 1. The zero-order valence-corrected chi connectivity index (χ0v) is 10.7. The third-order valence-electron chi connectivity index (χ3n) is 2.91. The van der Waals surface area contributed by atoms with Crippen molar-refractivity contribution in [2.45, 2.75) is 19.8 Å². The Morgan fingerprint density at radius 2 is 2.11 bits per heavy atom. The highest BCUT2D eigenvalue weighted by Crippen LogP contribution is 2.17. The Labute approximate surface area is 108 Å². The first-order chi connectivity index (χ1) is 8.74. The van der Waals surface area contributed by atoms with Gasteiger partial charge in [0, 0.05) is 18.8 Å². The molecule has 4 nitrogen and oxygen atoms in total. The van der Waals surface area contributed by atoms with Crippen LogP contribution in [0.15, 0.2) is 30.3 Å². The van der Waals surface area contributed by atoms with Crippen LogP contribution in [0, 0.1) is 17.2 Å². The number of hydrogen-bond acceptors (Lipinski definition) is 3. The zero-order chi connectivity index (χ0) is 13.4. The van der Waals surface area contributed by atoms with Gasteiger partial charge in [0.25, 0.3) is 0 Å². The first kappa shape index (κ1) is 14.2. The van der Waals surface area contributed by atoms with Crippen molar-refractivity contribution in [3.8, 4) is 6.07 Å². The number of nitriles is 1. The summed E-state index contributed by atoms with van der Waals surface area (Å²) in [6, 6.07) is 11.5. The molecular formula is C14H19N3O. The molecule has 1 rings (SSSR count). The van der Waals surface area contributed by atoms with Crippen LogP contribution in [0.3, 0.4) is 0 Å². The fraction of sp³-hybridized carbons (Fsp3) is 0.429. The molecule has 1 atom stereocenters. The second kappa shape index (κ2) is 7.46. The summed E-state index contributed by atoms with van der Waals surface area (Å²) in [5.74, 6) is -0.176. The molecule has 0 aliphatic rings. The first-order valence-electron chi connectivity index (χ1n) is 6.18. The Bertz CT molecular complexity index is 407. The Hall–Kier alpha value is -1.86. The van der Waals surface area contributed by atoms with Crippen LogP contribution in [-0.4, -0.2) is 19.0 Å². The van der Waals surface area contributed by atoms with Crippen molar-refractivity contribution in [2.75, 3.05) is 18.0 Å². The summed E-state index contributed by atoms with van der Waals surface area (Å²) in [5, 5.41) is 8.68. The summed E-state index contributed by atoms with van der Waals surface area (Å²) in [5.41, 5.74) is 6.44. The minimum atomic E-state index is -0.177. The van der Waals surface area contributed by atoms with E-state index in [0.717, 1.165) is 5.69 Å². The number of rotatable bonds is 6. The Kier molecular flexibility index (Phi) is 5.89. The standard InChI is InChI=1S/C14H19N3O/c1-2-12(11-16)14(18)17(10-6-9-15)13-7-4-3-5-8-13/h3-5,7-8,12H,2,6,10-11,16H2,1H3. The van der Waals surface area contributed by atoms with Gasteiger partial charge >= 0.3 is 0 Å². The number of para-hydroxylation sites is 1. The van der Waals surface area contributed by atoms with Crippen molar-refractivity contribution in [3.63, 3.8) is 0 Å². The number of hydrogen-bond donors (Lipinski definition) is 1. The second-order valence-corrected chi connectivity index (χ2v) is 4.07. The molecule has 1 aromatic carbocycles. The van der Waals surface area contributed by atoms with Gasteiger partial charge in [0.2, 0.25) is 5.91 Å². The SMILES string of the molecule is CCC(CN)C(=O)N(CCC#N)c1ccccc1. The summed E-state index contributed by atoms with van der Waals surface area (Å²) in [6.45, 7) is 2.70. The summed E-state index contributed by atoms with van der Waals surface area (Å²) < 4.78 is 0. The van der Waals surface area contributed by atoms with E-state index >= 15 is 0 Å². The molecule has 1 aromatic rings. The van der Waals surface area contributed by atoms with Crippen molar-refractivity contribution in [2.24, 2.45) is 11.7 Å². The zero-order valence-electron chi connectivity index (χ0n) is 10.7. The predicted molar refractivity (Wildman–Crippen MR) is 71.9 cm³/mol. The summed E-state index contributed by atoms with van der Waals surface area (Å²) in [4.78, 5) is 14.0. The maximum absolute atomic E-state index is 12.3. The third-order valence-corrected chi connectivity index (χ3v) is 2.91. The van der Waals surface area contributed by atoms with E-state index in [4.69, 9.17) is 11.0 Å². The topological polar surface area (TPSA) is 70.1 Å². The van der Waals surface area contributed by atoms with Gasteiger partial charge in [0.15, 0.2) is 0 Å². The smallest absolute Gasteiger partial charge is 0.231 e.